The van der Waals surface area contributed by atoms with Crippen LogP contribution in [-0.2, 0) is 0 Å². The van der Waals surface area contributed by atoms with E-state index in [1.807, 2.05) is 13.8 Å². The Morgan fingerprint density at radius 2 is 1.33 bits per heavy atom. The lowest BCUT2D eigenvalue weighted by molar-refractivity contribution is 0.0839. The molecule has 2 heterocycles. The van der Waals surface area contributed by atoms with Gasteiger partial charge in [-0.25, -0.2) is 0 Å². The molecular formula is C22H46N2. The first-order valence-corrected chi connectivity index (χ1v) is 10.8. The fraction of sp³-hybridized carbons (Fsp3) is 1.00. The molecule has 0 aromatic heterocycles. The number of rotatable bonds is 5. The Morgan fingerprint density at radius 3 is 1.79 bits per heavy atom. The summed E-state index contributed by atoms with van der Waals surface area (Å²) in [7, 11) is 0. The van der Waals surface area contributed by atoms with Gasteiger partial charge in [-0.15, -0.1) is 0 Å². The Morgan fingerprint density at radius 1 is 0.833 bits per heavy atom. The Balaban J connectivity index is 0.00000139. The van der Waals surface area contributed by atoms with E-state index >= 15 is 0 Å². The van der Waals surface area contributed by atoms with E-state index in [4.69, 9.17) is 0 Å². The molecule has 0 spiro atoms. The maximum atomic E-state index is 2.76. The summed E-state index contributed by atoms with van der Waals surface area (Å²) in [4.78, 5) is 5.46. The summed E-state index contributed by atoms with van der Waals surface area (Å²) in [6.45, 7) is 24.0. The summed E-state index contributed by atoms with van der Waals surface area (Å²) >= 11 is 0. The minimum absolute atomic E-state index is 0.508. The van der Waals surface area contributed by atoms with Gasteiger partial charge in [0.25, 0.3) is 0 Å². The highest BCUT2D eigenvalue weighted by molar-refractivity contribution is 4.82. The average Bonchev–Trinajstić information content (AvgIpc) is 2.56. The summed E-state index contributed by atoms with van der Waals surface area (Å²) < 4.78 is 0. The summed E-state index contributed by atoms with van der Waals surface area (Å²) in [6.07, 6.45) is 7.05. The van der Waals surface area contributed by atoms with Crippen LogP contribution in [0.25, 0.3) is 0 Å². The average molecular weight is 339 g/mol. The lowest BCUT2D eigenvalue weighted by Crippen LogP contribution is -2.43. The highest BCUT2D eigenvalue weighted by atomic mass is 15.2. The van der Waals surface area contributed by atoms with Crippen LogP contribution in [0.2, 0.25) is 0 Å². The maximum absolute atomic E-state index is 2.76. The van der Waals surface area contributed by atoms with Crippen LogP contribution in [0.15, 0.2) is 0 Å². The topological polar surface area (TPSA) is 6.48 Å². The van der Waals surface area contributed by atoms with Crippen molar-refractivity contribution in [2.45, 2.75) is 80.6 Å². The molecule has 0 atom stereocenters. The fourth-order valence-electron chi connectivity index (χ4n) is 4.18. The molecule has 0 N–H and O–H groups in total. The molecule has 2 aliphatic heterocycles. The van der Waals surface area contributed by atoms with E-state index in [-0.39, 0.29) is 0 Å². The summed E-state index contributed by atoms with van der Waals surface area (Å²) in [5.74, 6) is 2.74. The maximum Gasteiger partial charge on any atom is 0.00106 e. The lowest BCUT2D eigenvalue weighted by Gasteiger charge is -2.41. The van der Waals surface area contributed by atoms with Crippen molar-refractivity contribution in [2.75, 3.05) is 39.3 Å². The van der Waals surface area contributed by atoms with Crippen LogP contribution in [0.3, 0.4) is 0 Å². The SMILES string of the molecule is CC.CC(C)CCN1CCC(CN2CCC(C(C)(C)C)CC2)CC1. The number of hydrogen-bond donors (Lipinski definition) is 0. The van der Waals surface area contributed by atoms with Gasteiger partial charge >= 0.3 is 0 Å². The molecule has 2 heteroatoms. The Hall–Kier alpha value is -0.0800. The molecule has 2 rings (SSSR count). The zero-order valence-electron chi connectivity index (χ0n) is 17.9. The highest BCUT2D eigenvalue weighted by Gasteiger charge is 2.30. The monoisotopic (exact) mass is 338 g/mol. The number of piperidine rings is 2. The summed E-state index contributed by atoms with van der Waals surface area (Å²) in [5.41, 5.74) is 0.508. The summed E-state index contributed by atoms with van der Waals surface area (Å²) in [5, 5.41) is 0. The lowest BCUT2D eigenvalue weighted by atomic mass is 9.75. The van der Waals surface area contributed by atoms with Gasteiger partial charge < -0.3 is 9.80 Å². The molecule has 0 aliphatic carbocycles. The molecule has 0 aromatic carbocycles. The Kier molecular flexibility index (Phi) is 9.89. The van der Waals surface area contributed by atoms with Crippen molar-refractivity contribution >= 4 is 0 Å². The molecule has 0 saturated carbocycles. The van der Waals surface area contributed by atoms with E-state index < -0.39 is 0 Å². The molecule has 0 radical (unpaired) electrons. The third kappa shape index (κ3) is 7.87. The van der Waals surface area contributed by atoms with Crippen LogP contribution in [-0.4, -0.2) is 49.1 Å². The first-order valence-electron chi connectivity index (χ1n) is 10.8. The minimum Gasteiger partial charge on any atom is -0.303 e. The van der Waals surface area contributed by atoms with E-state index in [2.05, 4.69) is 44.4 Å². The van der Waals surface area contributed by atoms with Crippen LogP contribution in [0, 0.1) is 23.2 Å². The second-order valence-electron chi connectivity index (χ2n) is 9.41. The number of nitrogens with zero attached hydrogens (tertiary/aromatic N) is 2. The van der Waals surface area contributed by atoms with Crippen LogP contribution in [0.5, 0.6) is 0 Å². The minimum atomic E-state index is 0.508. The standard InChI is InChI=1S/C20H40N2.C2H6/c1-17(2)6-11-21-12-7-18(8-13-21)16-22-14-9-19(10-15-22)20(3,4)5;1-2/h17-19H,6-16H2,1-5H3;1-2H3. The van der Waals surface area contributed by atoms with Gasteiger partial charge in [-0.3, -0.25) is 0 Å². The molecule has 0 amide bonds. The fourth-order valence-corrected chi connectivity index (χ4v) is 4.18. The van der Waals surface area contributed by atoms with Crippen molar-refractivity contribution in [3.05, 3.63) is 0 Å². The van der Waals surface area contributed by atoms with E-state index in [1.54, 1.807) is 0 Å². The molecule has 0 bridgehead atoms. The van der Waals surface area contributed by atoms with E-state index in [1.165, 1.54) is 71.4 Å². The third-order valence-electron chi connectivity index (χ3n) is 6.06. The predicted molar refractivity (Wildman–Crippen MR) is 109 cm³/mol. The molecular weight excluding hydrogens is 292 g/mol. The quantitative estimate of drug-likeness (QED) is 0.650. The van der Waals surface area contributed by atoms with Crippen LogP contribution < -0.4 is 0 Å². The first-order chi connectivity index (χ1) is 11.3. The number of likely N-dealkylation sites (tertiary alicyclic amines) is 2. The molecule has 144 valence electrons. The van der Waals surface area contributed by atoms with E-state index in [0.717, 1.165) is 17.8 Å². The van der Waals surface area contributed by atoms with Gasteiger partial charge in [0, 0.05) is 6.54 Å². The zero-order valence-corrected chi connectivity index (χ0v) is 17.9. The van der Waals surface area contributed by atoms with Gasteiger partial charge in [0.2, 0.25) is 0 Å². The molecule has 24 heavy (non-hydrogen) atoms. The van der Waals surface area contributed by atoms with Crippen LogP contribution in [0.4, 0.5) is 0 Å². The Bertz CT molecular complexity index is 302. The van der Waals surface area contributed by atoms with Crippen molar-refractivity contribution in [3.63, 3.8) is 0 Å². The van der Waals surface area contributed by atoms with Crippen molar-refractivity contribution in [1.29, 1.82) is 0 Å². The van der Waals surface area contributed by atoms with Crippen molar-refractivity contribution in [3.8, 4) is 0 Å². The molecule has 2 saturated heterocycles. The predicted octanol–water partition coefficient (Wildman–Crippen LogP) is 5.53. The second-order valence-corrected chi connectivity index (χ2v) is 9.41. The molecule has 0 aromatic rings. The molecule has 0 unspecified atom stereocenters. The normalized spacial score (nSPS) is 22.5. The molecule has 2 aliphatic rings. The van der Waals surface area contributed by atoms with Gasteiger partial charge in [0.05, 0.1) is 0 Å². The van der Waals surface area contributed by atoms with Crippen LogP contribution in [0.1, 0.15) is 80.6 Å². The van der Waals surface area contributed by atoms with Gasteiger partial charge in [0.1, 0.15) is 0 Å². The van der Waals surface area contributed by atoms with Crippen molar-refractivity contribution in [1.82, 2.24) is 9.80 Å². The van der Waals surface area contributed by atoms with Crippen LogP contribution >= 0.6 is 0 Å². The van der Waals surface area contributed by atoms with Gasteiger partial charge in [-0.05, 0) is 88.0 Å². The second kappa shape index (κ2) is 10.8. The van der Waals surface area contributed by atoms with Gasteiger partial charge in [0.15, 0.2) is 0 Å². The molecule has 2 fully saturated rings. The van der Waals surface area contributed by atoms with E-state index in [9.17, 15) is 0 Å². The third-order valence-corrected chi connectivity index (χ3v) is 6.06. The van der Waals surface area contributed by atoms with Gasteiger partial charge in [-0.1, -0.05) is 48.5 Å². The first kappa shape index (κ1) is 22.0. The Labute approximate surface area is 153 Å². The smallest absolute Gasteiger partial charge is 0.00106 e. The van der Waals surface area contributed by atoms with Crippen molar-refractivity contribution < 1.29 is 0 Å². The number of hydrogen-bond acceptors (Lipinski definition) is 2. The molecule has 2 nitrogen and oxygen atoms in total. The zero-order chi connectivity index (χ0) is 18.2. The highest BCUT2D eigenvalue weighted by Crippen LogP contribution is 2.34. The largest absolute Gasteiger partial charge is 0.303 e. The van der Waals surface area contributed by atoms with Crippen molar-refractivity contribution in [2.24, 2.45) is 23.2 Å². The summed E-state index contributed by atoms with van der Waals surface area (Å²) in [6, 6.07) is 0. The van der Waals surface area contributed by atoms with E-state index in [0.29, 0.717) is 5.41 Å². The van der Waals surface area contributed by atoms with Gasteiger partial charge in [-0.2, -0.15) is 0 Å².